The van der Waals surface area contributed by atoms with Crippen LogP contribution in [0.1, 0.15) is 24.9 Å². The molecule has 0 amide bonds. The summed E-state index contributed by atoms with van der Waals surface area (Å²) in [6.45, 7) is 6.17. The van der Waals surface area contributed by atoms with Crippen LogP contribution in [0.15, 0.2) is 6.07 Å². The van der Waals surface area contributed by atoms with E-state index in [1.807, 2.05) is 19.9 Å². The van der Waals surface area contributed by atoms with E-state index in [1.54, 1.807) is 0 Å². The van der Waals surface area contributed by atoms with Crippen LogP contribution in [0.4, 0.5) is 5.82 Å². The zero-order valence-corrected chi connectivity index (χ0v) is 8.33. The molecule has 0 bridgehead atoms. The van der Waals surface area contributed by atoms with Crippen LogP contribution >= 0.6 is 0 Å². The summed E-state index contributed by atoms with van der Waals surface area (Å²) in [7, 11) is 0. The Morgan fingerprint density at radius 3 is 2.62 bits per heavy atom. The topological polar surface area (TPSA) is 37.8 Å². The molecule has 0 spiro atoms. The molecule has 0 aliphatic heterocycles. The molecule has 3 heteroatoms. The fourth-order valence-electron chi connectivity index (χ4n) is 1.50. The van der Waals surface area contributed by atoms with Gasteiger partial charge in [0.05, 0.1) is 0 Å². The molecule has 1 aromatic heterocycles. The van der Waals surface area contributed by atoms with Gasteiger partial charge in [-0.15, -0.1) is 0 Å². The quantitative estimate of drug-likeness (QED) is 0.750. The summed E-state index contributed by atoms with van der Waals surface area (Å²) in [6, 6.07) is 2.63. The second-order valence-electron chi connectivity index (χ2n) is 3.91. The smallest absolute Gasteiger partial charge is 0.130 e. The van der Waals surface area contributed by atoms with Gasteiger partial charge in [0.15, 0.2) is 0 Å². The predicted octanol–water partition coefficient (Wildman–Crippen LogP) is 1.91. The largest absolute Gasteiger partial charge is 0.367 e. The Kier molecular flexibility index (Phi) is 1.94. The Hall–Kier alpha value is -1.12. The first-order valence-electron chi connectivity index (χ1n) is 4.74. The van der Waals surface area contributed by atoms with Crippen molar-refractivity contribution < 1.29 is 0 Å². The molecule has 70 valence electrons. The highest BCUT2D eigenvalue weighted by molar-refractivity contribution is 5.38. The van der Waals surface area contributed by atoms with Crippen molar-refractivity contribution in [3.63, 3.8) is 0 Å². The first-order valence-corrected chi connectivity index (χ1v) is 4.74. The summed E-state index contributed by atoms with van der Waals surface area (Å²) in [5, 5.41) is 3.40. The normalized spacial score (nSPS) is 25.8. The number of nitrogens with one attached hydrogen (secondary N) is 1. The van der Waals surface area contributed by atoms with Crippen molar-refractivity contribution in [3.8, 4) is 0 Å². The van der Waals surface area contributed by atoms with Crippen LogP contribution in [0, 0.1) is 19.8 Å². The molecule has 1 aliphatic rings. The minimum atomic E-state index is 0.633. The number of nitrogens with zero attached hydrogens (tertiary/aromatic N) is 2. The molecule has 13 heavy (non-hydrogen) atoms. The molecule has 0 aromatic carbocycles. The minimum Gasteiger partial charge on any atom is -0.367 e. The second kappa shape index (κ2) is 2.98. The van der Waals surface area contributed by atoms with Crippen molar-refractivity contribution in [1.82, 2.24) is 9.97 Å². The van der Waals surface area contributed by atoms with Crippen LogP contribution in [0.2, 0.25) is 0 Å². The zero-order valence-electron chi connectivity index (χ0n) is 8.33. The van der Waals surface area contributed by atoms with Gasteiger partial charge in [0, 0.05) is 17.8 Å². The van der Waals surface area contributed by atoms with Gasteiger partial charge < -0.3 is 5.32 Å². The van der Waals surface area contributed by atoms with Gasteiger partial charge in [-0.3, -0.25) is 0 Å². The summed E-state index contributed by atoms with van der Waals surface area (Å²) in [5.41, 5.74) is 1.03. The predicted molar refractivity (Wildman–Crippen MR) is 52.7 cm³/mol. The van der Waals surface area contributed by atoms with E-state index in [9.17, 15) is 0 Å². The molecular formula is C10H15N3. The Morgan fingerprint density at radius 1 is 1.38 bits per heavy atom. The lowest BCUT2D eigenvalue weighted by Crippen LogP contribution is -2.07. The highest BCUT2D eigenvalue weighted by atomic mass is 15.1. The van der Waals surface area contributed by atoms with E-state index in [-0.39, 0.29) is 0 Å². The molecule has 2 atom stereocenters. The fraction of sp³-hybridized carbons (Fsp3) is 0.600. The van der Waals surface area contributed by atoms with Crippen LogP contribution < -0.4 is 5.32 Å². The number of rotatable bonds is 2. The van der Waals surface area contributed by atoms with Crippen LogP contribution in [-0.4, -0.2) is 16.0 Å². The third kappa shape index (κ3) is 1.97. The Balaban J connectivity index is 2.11. The molecule has 1 aliphatic carbocycles. The lowest BCUT2D eigenvalue weighted by Gasteiger charge is -2.05. The monoisotopic (exact) mass is 177 g/mol. The maximum Gasteiger partial charge on any atom is 0.130 e. The van der Waals surface area contributed by atoms with Gasteiger partial charge >= 0.3 is 0 Å². The summed E-state index contributed by atoms with van der Waals surface area (Å²) in [4.78, 5) is 8.56. The highest BCUT2D eigenvalue weighted by Crippen LogP contribution is 2.32. The average Bonchev–Trinajstić information content (AvgIpc) is 2.63. The second-order valence-corrected chi connectivity index (χ2v) is 3.91. The van der Waals surface area contributed by atoms with Gasteiger partial charge in [-0.1, -0.05) is 6.92 Å². The third-order valence-electron chi connectivity index (χ3n) is 2.41. The SMILES string of the molecule is Cc1cc(NC2CC2C)nc(C)n1. The van der Waals surface area contributed by atoms with Crippen LogP contribution in [0.5, 0.6) is 0 Å². The van der Waals surface area contributed by atoms with Crippen molar-refractivity contribution in [2.45, 2.75) is 33.2 Å². The van der Waals surface area contributed by atoms with Crippen LogP contribution in [0.25, 0.3) is 0 Å². The van der Waals surface area contributed by atoms with Gasteiger partial charge in [0.2, 0.25) is 0 Å². The number of aryl methyl sites for hydroxylation is 2. The standard InChI is InChI=1S/C10H15N3/c1-6-4-9(6)13-10-5-7(2)11-8(3)12-10/h5-6,9H,4H2,1-3H3,(H,11,12,13). The van der Waals surface area contributed by atoms with Gasteiger partial charge in [-0.25, -0.2) is 9.97 Å². The Labute approximate surface area is 78.6 Å². The van der Waals surface area contributed by atoms with Crippen LogP contribution in [-0.2, 0) is 0 Å². The average molecular weight is 177 g/mol. The van der Waals surface area contributed by atoms with E-state index in [0.29, 0.717) is 6.04 Å². The van der Waals surface area contributed by atoms with Crippen molar-refractivity contribution in [1.29, 1.82) is 0 Å². The fourth-order valence-corrected chi connectivity index (χ4v) is 1.50. The molecule has 1 heterocycles. The maximum atomic E-state index is 4.33. The van der Waals surface area contributed by atoms with E-state index in [0.717, 1.165) is 23.3 Å². The van der Waals surface area contributed by atoms with Crippen molar-refractivity contribution >= 4 is 5.82 Å². The highest BCUT2D eigenvalue weighted by Gasteiger charge is 2.32. The van der Waals surface area contributed by atoms with Crippen molar-refractivity contribution in [2.24, 2.45) is 5.92 Å². The Bertz CT molecular complexity index is 302. The lowest BCUT2D eigenvalue weighted by atomic mass is 10.4. The minimum absolute atomic E-state index is 0.633. The first-order chi connectivity index (χ1) is 6.15. The van der Waals surface area contributed by atoms with E-state index in [4.69, 9.17) is 0 Å². The lowest BCUT2D eigenvalue weighted by molar-refractivity contribution is 0.913. The molecular weight excluding hydrogens is 162 g/mol. The number of hydrogen-bond donors (Lipinski definition) is 1. The summed E-state index contributed by atoms with van der Waals surface area (Å²) >= 11 is 0. The van der Waals surface area contributed by atoms with Crippen molar-refractivity contribution in [2.75, 3.05) is 5.32 Å². The molecule has 1 N–H and O–H groups in total. The summed E-state index contributed by atoms with van der Waals surface area (Å²) < 4.78 is 0. The van der Waals surface area contributed by atoms with Gasteiger partial charge in [-0.05, 0) is 26.2 Å². The van der Waals surface area contributed by atoms with E-state index in [1.165, 1.54) is 6.42 Å². The van der Waals surface area contributed by atoms with E-state index in [2.05, 4.69) is 22.2 Å². The van der Waals surface area contributed by atoms with E-state index < -0.39 is 0 Å². The van der Waals surface area contributed by atoms with Gasteiger partial charge in [-0.2, -0.15) is 0 Å². The summed E-state index contributed by atoms with van der Waals surface area (Å²) in [6.07, 6.45) is 1.27. The number of hydrogen-bond acceptors (Lipinski definition) is 3. The van der Waals surface area contributed by atoms with Crippen LogP contribution in [0.3, 0.4) is 0 Å². The zero-order chi connectivity index (χ0) is 9.42. The Morgan fingerprint density at radius 2 is 2.08 bits per heavy atom. The number of aromatic nitrogens is 2. The maximum absolute atomic E-state index is 4.33. The molecule has 0 radical (unpaired) electrons. The number of anilines is 1. The van der Waals surface area contributed by atoms with Crippen molar-refractivity contribution in [3.05, 3.63) is 17.6 Å². The molecule has 2 unspecified atom stereocenters. The first kappa shape index (κ1) is 8.48. The van der Waals surface area contributed by atoms with Gasteiger partial charge in [0.25, 0.3) is 0 Å². The van der Waals surface area contributed by atoms with Gasteiger partial charge in [0.1, 0.15) is 11.6 Å². The molecule has 2 rings (SSSR count). The molecule has 3 nitrogen and oxygen atoms in total. The summed E-state index contributed by atoms with van der Waals surface area (Å²) in [5.74, 6) is 2.62. The molecule has 1 fully saturated rings. The third-order valence-corrected chi connectivity index (χ3v) is 2.41. The molecule has 1 aromatic rings. The van der Waals surface area contributed by atoms with E-state index >= 15 is 0 Å². The molecule has 0 saturated heterocycles. The molecule has 1 saturated carbocycles.